The van der Waals surface area contributed by atoms with Crippen LogP contribution in [0.25, 0.3) is 0 Å². The number of hydrogen-bond donors (Lipinski definition) is 2. The molecule has 100 valence electrons. The van der Waals surface area contributed by atoms with Crippen LogP contribution in [-0.4, -0.2) is 29.9 Å². The van der Waals surface area contributed by atoms with E-state index in [0.717, 1.165) is 19.4 Å². The minimum absolute atomic E-state index is 0.175. The first-order valence-electron chi connectivity index (χ1n) is 6.34. The topological polar surface area (TPSA) is 43.7 Å². The third-order valence-corrected chi connectivity index (χ3v) is 3.61. The normalized spacial score (nSPS) is 24.5. The summed E-state index contributed by atoms with van der Waals surface area (Å²) in [6.45, 7) is 2.37. The SMILES string of the molecule is C[C@@H](O)c1ccc(N(C)CC2CC(O)C2)c(F)c1. The maximum Gasteiger partial charge on any atom is 0.146 e. The van der Waals surface area contributed by atoms with Gasteiger partial charge in [0, 0.05) is 13.6 Å². The summed E-state index contributed by atoms with van der Waals surface area (Å²) in [7, 11) is 1.85. The van der Waals surface area contributed by atoms with Crippen molar-refractivity contribution >= 4 is 5.69 Å². The molecule has 1 aromatic rings. The van der Waals surface area contributed by atoms with E-state index in [2.05, 4.69) is 0 Å². The van der Waals surface area contributed by atoms with Gasteiger partial charge < -0.3 is 15.1 Å². The largest absolute Gasteiger partial charge is 0.393 e. The van der Waals surface area contributed by atoms with Gasteiger partial charge in [-0.15, -0.1) is 0 Å². The minimum Gasteiger partial charge on any atom is -0.393 e. The van der Waals surface area contributed by atoms with E-state index in [-0.39, 0.29) is 11.9 Å². The van der Waals surface area contributed by atoms with Crippen LogP contribution in [0.2, 0.25) is 0 Å². The molecule has 18 heavy (non-hydrogen) atoms. The van der Waals surface area contributed by atoms with E-state index in [1.165, 1.54) is 6.07 Å². The molecule has 0 spiro atoms. The molecule has 1 atom stereocenters. The van der Waals surface area contributed by atoms with Crippen LogP contribution in [0.3, 0.4) is 0 Å². The molecule has 0 amide bonds. The second-order valence-corrected chi connectivity index (χ2v) is 5.26. The first-order valence-corrected chi connectivity index (χ1v) is 6.34. The quantitative estimate of drug-likeness (QED) is 0.863. The van der Waals surface area contributed by atoms with E-state index in [1.807, 2.05) is 11.9 Å². The van der Waals surface area contributed by atoms with Crippen molar-refractivity contribution in [2.45, 2.75) is 32.0 Å². The molecule has 1 fully saturated rings. The third-order valence-electron chi connectivity index (χ3n) is 3.61. The fraction of sp³-hybridized carbons (Fsp3) is 0.571. The van der Waals surface area contributed by atoms with Crippen molar-refractivity contribution in [3.8, 4) is 0 Å². The smallest absolute Gasteiger partial charge is 0.146 e. The number of anilines is 1. The summed E-state index contributed by atoms with van der Waals surface area (Å²) in [6, 6.07) is 4.83. The van der Waals surface area contributed by atoms with E-state index >= 15 is 0 Å². The second-order valence-electron chi connectivity index (χ2n) is 5.26. The van der Waals surface area contributed by atoms with Gasteiger partial charge >= 0.3 is 0 Å². The summed E-state index contributed by atoms with van der Waals surface area (Å²) >= 11 is 0. The average molecular weight is 253 g/mol. The van der Waals surface area contributed by atoms with Gasteiger partial charge in [-0.1, -0.05) is 6.07 Å². The van der Waals surface area contributed by atoms with E-state index in [1.54, 1.807) is 19.1 Å². The number of nitrogens with zero attached hydrogens (tertiary/aromatic N) is 1. The maximum absolute atomic E-state index is 13.9. The van der Waals surface area contributed by atoms with Gasteiger partial charge in [0.25, 0.3) is 0 Å². The Hall–Kier alpha value is -1.13. The molecule has 0 aromatic heterocycles. The summed E-state index contributed by atoms with van der Waals surface area (Å²) < 4.78 is 13.9. The Morgan fingerprint density at radius 2 is 2.11 bits per heavy atom. The van der Waals surface area contributed by atoms with Crippen LogP contribution in [0.4, 0.5) is 10.1 Å². The highest BCUT2D eigenvalue weighted by molar-refractivity contribution is 5.48. The Balaban J connectivity index is 2.03. The van der Waals surface area contributed by atoms with E-state index in [0.29, 0.717) is 17.2 Å². The Morgan fingerprint density at radius 3 is 2.61 bits per heavy atom. The van der Waals surface area contributed by atoms with Crippen molar-refractivity contribution in [2.75, 3.05) is 18.5 Å². The zero-order valence-corrected chi connectivity index (χ0v) is 10.8. The standard InChI is InChI=1S/C14H20FNO2/c1-9(17)11-3-4-14(13(15)7-11)16(2)8-10-5-12(18)6-10/h3-4,7,9-10,12,17-18H,5-6,8H2,1-2H3/t9-,10?,12?/m1/s1. The van der Waals surface area contributed by atoms with E-state index in [4.69, 9.17) is 0 Å². The van der Waals surface area contributed by atoms with Gasteiger partial charge in [0.2, 0.25) is 0 Å². The summed E-state index contributed by atoms with van der Waals surface area (Å²) in [5.41, 5.74) is 1.13. The fourth-order valence-electron chi connectivity index (χ4n) is 2.43. The van der Waals surface area contributed by atoms with Crippen molar-refractivity contribution in [3.63, 3.8) is 0 Å². The molecule has 2 rings (SSSR count). The maximum atomic E-state index is 13.9. The lowest BCUT2D eigenvalue weighted by atomic mass is 9.82. The zero-order valence-electron chi connectivity index (χ0n) is 10.8. The Morgan fingerprint density at radius 1 is 1.44 bits per heavy atom. The molecule has 4 heteroatoms. The highest BCUT2D eigenvalue weighted by atomic mass is 19.1. The van der Waals surface area contributed by atoms with Crippen LogP contribution in [0.15, 0.2) is 18.2 Å². The summed E-state index contributed by atoms with van der Waals surface area (Å²) in [5.74, 6) is 0.136. The summed E-state index contributed by atoms with van der Waals surface area (Å²) in [6.07, 6.45) is 0.779. The molecule has 1 aliphatic rings. The Kier molecular flexibility index (Phi) is 3.88. The lowest BCUT2D eigenvalue weighted by molar-refractivity contribution is 0.0464. The summed E-state index contributed by atoms with van der Waals surface area (Å²) in [5, 5.41) is 18.6. The van der Waals surface area contributed by atoms with Gasteiger partial charge in [-0.2, -0.15) is 0 Å². The van der Waals surface area contributed by atoms with Crippen LogP contribution in [0, 0.1) is 11.7 Å². The summed E-state index contributed by atoms with van der Waals surface area (Å²) in [4.78, 5) is 1.87. The first-order chi connectivity index (χ1) is 8.47. The molecule has 0 saturated heterocycles. The Bertz CT molecular complexity index is 416. The molecular weight excluding hydrogens is 233 g/mol. The van der Waals surface area contributed by atoms with E-state index < -0.39 is 6.10 Å². The Labute approximate surface area is 107 Å². The van der Waals surface area contributed by atoms with Crippen LogP contribution >= 0.6 is 0 Å². The molecule has 0 bridgehead atoms. The van der Waals surface area contributed by atoms with Crippen LogP contribution in [0.5, 0.6) is 0 Å². The zero-order chi connectivity index (χ0) is 13.3. The fourth-order valence-corrected chi connectivity index (χ4v) is 2.43. The number of aliphatic hydroxyl groups excluding tert-OH is 2. The molecule has 1 aromatic carbocycles. The van der Waals surface area contributed by atoms with Crippen LogP contribution < -0.4 is 4.90 Å². The van der Waals surface area contributed by atoms with Crippen LogP contribution in [-0.2, 0) is 0 Å². The molecule has 2 N–H and O–H groups in total. The molecular formula is C14H20FNO2. The molecule has 0 aliphatic heterocycles. The molecule has 0 radical (unpaired) electrons. The first kappa shape index (κ1) is 13.3. The monoisotopic (exact) mass is 253 g/mol. The predicted molar refractivity (Wildman–Crippen MR) is 69.0 cm³/mol. The lowest BCUT2D eigenvalue weighted by Crippen LogP contribution is -2.37. The van der Waals surface area contributed by atoms with Crippen molar-refractivity contribution in [1.82, 2.24) is 0 Å². The van der Waals surface area contributed by atoms with Gasteiger partial charge in [0.1, 0.15) is 5.82 Å². The van der Waals surface area contributed by atoms with Crippen molar-refractivity contribution in [1.29, 1.82) is 0 Å². The van der Waals surface area contributed by atoms with Gasteiger partial charge in [0.05, 0.1) is 17.9 Å². The minimum atomic E-state index is -0.652. The van der Waals surface area contributed by atoms with E-state index in [9.17, 15) is 14.6 Å². The van der Waals surface area contributed by atoms with Crippen molar-refractivity contribution in [3.05, 3.63) is 29.6 Å². The number of rotatable bonds is 4. The third kappa shape index (κ3) is 2.82. The number of aliphatic hydroxyl groups is 2. The average Bonchev–Trinajstić information content (AvgIpc) is 2.26. The molecule has 3 nitrogen and oxygen atoms in total. The second kappa shape index (κ2) is 5.24. The van der Waals surface area contributed by atoms with Gasteiger partial charge in [0.15, 0.2) is 0 Å². The van der Waals surface area contributed by atoms with Crippen LogP contribution in [0.1, 0.15) is 31.4 Å². The molecule has 0 heterocycles. The molecule has 1 saturated carbocycles. The van der Waals surface area contributed by atoms with Crippen molar-refractivity contribution in [2.24, 2.45) is 5.92 Å². The highest BCUT2D eigenvalue weighted by Gasteiger charge is 2.28. The van der Waals surface area contributed by atoms with Crippen molar-refractivity contribution < 1.29 is 14.6 Å². The molecule has 0 unspecified atom stereocenters. The van der Waals surface area contributed by atoms with Gasteiger partial charge in [-0.05, 0) is 43.4 Å². The lowest BCUT2D eigenvalue weighted by Gasteiger charge is -2.35. The number of halogens is 1. The molecule has 1 aliphatic carbocycles. The number of hydrogen-bond acceptors (Lipinski definition) is 3. The highest BCUT2D eigenvalue weighted by Crippen LogP contribution is 2.30. The predicted octanol–water partition coefficient (Wildman–Crippen LogP) is 2.09. The van der Waals surface area contributed by atoms with Gasteiger partial charge in [-0.25, -0.2) is 4.39 Å². The van der Waals surface area contributed by atoms with Gasteiger partial charge in [-0.3, -0.25) is 0 Å². The number of benzene rings is 1.